The molecule has 1 amide bonds. The van der Waals surface area contributed by atoms with Gasteiger partial charge >= 0.3 is 16.2 Å². The Balaban J connectivity index is 1.58. The van der Waals surface area contributed by atoms with E-state index in [1.165, 1.54) is 6.07 Å². The number of carboxylic acid groups (broad SMARTS) is 1. The first-order valence-electron chi connectivity index (χ1n) is 8.79. The van der Waals surface area contributed by atoms with Gasteiger partial charge in [-0.15, -0.1) is 0 Å². The van der Waals surface area contributed by atoms with Crippen LogP contribution in [-0.2, 0) is 10.2 Å². The molecule has 1 spiro atoms. The predicted octanol–water partition coefficient (Wildman–Crippen LogP) is 0.387. The molecule has 0 bridgehead atoms. The highest BCUT2D eigenvalue weighted by atomic mass is 32.2. The average Bonchev–Trinajstić information content (AvgIpc) is 3.01. The predicted molar refractivity (Wildman–Crippen MR) is 101 cm³/mol. The van der Waals surface area contributed by atoms with Crippen LogP contribution in [0.2, 0.25) is 0 Å². The van der Waals surface area contributed by atoms with E-state index in [1.807, 2.05) is 0 Å². The SMILES string of the molecule is NS(=O)(=O)n1ccc(-c2cccc(C(=O)NC3CC4(CNC4)C3)c2)c1C(=O)O. The normalized spacial score (nSPS) is 18.3. The summed E-state index contributed by atoms with van der Waals surface area (Å²) in [5, 5.41) is 20.8. The largest absolute Gasteiger partial charge is 0.477 e. The molecule has 1 saturated heterocycles. The van der Waals surface area contributed by atoms with E-state index in [0.29, 0.717) is 20.5 Å². The molecule has 0 atom stereocenters. The summed E-state index contributed by atoms with van der Waals surface area (Å²) < 4.78 is 23.8. The number of hydrogen-bond donors (Lipinski definition) is 4. The second-order valence-corrected chi connectivity index (χ2v) is 8.91. The van der Waals surface area contributed by atoms with E-state index in [4.69, 9.17) is 5.14 Å². The molecule has 28 heavy (non-hydrogen) atoms. The van der Waals surface area contributed by atoms with Crippen molar-refractivity contribution in [3.63, 3.8) is 0 Å². The van der Waals surface area contributed by atoms with Gasteiger partial charge in [-0.2, -0.15) is 8.42 Å². The highest BCUT2D eigenvalue weighted by Gasteiger charge is 2.48. The van der Waals surface area contributed by atoms with Gasteiger partial charge in [-0.05, 0) is 42.0 Å². The molecule has 0 unspecified atom stereocenters. The van der Waals surface area contributed by atoms with Gasteiger partial charge in [0.25, 0.3) is 5.91 Å². The summed E-state index contributed by atoms with van der Waals surface area (Å²) in [5.74, 6) is -1.67. The zero-order valence-electron chi connectivity index (χ0n) is 14.9. The minimum Gasteiger partial charge on any atom is -0.477 e. The van der Waals surface area contributed by atoms with Gasteiger partial charge in [-0.25, -0.2) is 13.9 Å². The van der Waals surface area contributed by atoms with Crippen LogP contribution in [-0.4, -0.2) is 48.5 Å². The maximum atomic E-state index is 12.6. The molecule has 2 aliphatic rings. The van der Waals surface area contributed by atoms with Crippen molar-refractivity contribution >= 4 is 22.1 Å². The molecule has 1 aliphatic carbocycles. The minimum absolute atomic E-state index is 0.135. The first kappa shape index (κ1) is 18.7. The molecule has 9 nitrogen and oxygen atoms in total. The van der Waals surface area contributed by atoms with E-state index < -0.39 is 21.9 Å². The summed E-state index contributed by atoms with van der Waals surface area (Å²) in [6.45, 7) is 1.99. The number of nitrogens with two attached hydrogens (primary N) is 1. The number of nitrogens with zero attached hydrogens (tertiary/aromatic N) is 1. The van der Waals surface area contributed by atoms with E-state index in [0.717, 1.165) is 32.1 Å². The average molecular weight is 404 g/mol. The van der Waals surface area contributed by atoms with Crippen LogP contribution in [0.15, 0.2) is 36.5 Å². The van der Waals surface area contributed by atoms with Gasteiger partial charge in [0, 0.05) is 36.5 Å². The van der Waals surface area contributed by atoms with Crippen molar-refractivity contribution < 1.29 is 23.1 Å². The van der Waals surface area contributed by atoms with Crippen LogP contribution in [0.5, 0.6) is 0 Å². The van der Waals surface area contributed by atoms with Crippen LogP contribution in [0, 0.1) is 5.41 Å². The highest BCUT2D eigenvalue weighted by molar-refractivity contribution is 7.87. The van der Waals surface area contributed by atoms with Gasteiger partial charge in [-0.1, -0.05) is 12.1 Å². The Bertz CT molecular complexity index is 1060. The second-order valence-electron chi connectivity index (χ2n) is 7.49. The first-order chi connectivity index (χ1) is 13.2. The molecule has 2 aromatic rings. The molecule has 1 aliphatic heterocycles. The third kappa shape index (κ3) is 3.19. The van der Waals surface area contributed by atoms with Crippen molar-refractivity contribution in [2.45, 2.75) is 18.9 Å². The quantitative estimate of drug-likeness (QED) is 0.567. The van der Waals surface area contributed by atoms with Crippen molar-refractivity contribution in [1.29, 1.82) is 0 Å². The highest BCUT2D eigenvalue weighted by Crippen LogP contribution is 2.44. The zero-order chi connectivity index (χ0) is 20.1. The maximum absolute atomic E-state index is 12.6. The van der Waals surface area contributed by atoms with Crippen LogP contribution in [0.1, 0.15) is 33.7 Å². The molecule has 1 aromatic heterocycles. The summed E-state index contributed by atoms with van der Waals surface area (Å²) in [4.78, 5) is 24.2. The van der Waals surface area contributed by atoms with Crippen molar-refractivity contribution in [3.8, 4) is 11.1 Å². The smallest absolute Gasteiger partial charge is 0.354 e. The van der Waals surface area contributed by atoms with Crippen LogP contribution in [0.4, 0.5) is 0 Å². The number of carbonyl (C=O) groups is 2. The molecular weight excluding hydrogens is 384 g/mol. The maximum Gasteiger partial charge on any atom is 0.354 e. The lowest BCUT2D eigenvalue weighted by Gasteiger charge is -2.54. The summed E-state index contributed by atoms with van der Waals surface area (Å²) >= 11 is 0. The van der Waals surface area contributed by atoms with Crippen molar-refractivity contribution in [1.82, 2.24) is 14.6 Å². The summed E-state index contributed by atoms with van der Waals surface area (Å²) in [7, 11) is -4.26. The fraction of sp³-hybridized carbons (Fsp3) is 0.333. The van der Waals surface area contributed by atoms with E-state index in [9.17, 15) is 23.1 Å². The van der Waals surface area contributed by atoms with E-state index in [2.05, 4.69) is 10.6 Å². The molecule has 0 radical (unpaired) electrons. The second kappa shape index (κ2) is 6.43. The van der Waals surface area contributed by atoms with Crippen LogP contribution in [0.3, 0.4) is 0 Å². The number of aromatic nitrogens is 1. The molecular formula is C18H20N4O5S. The Hall–Kier alpha value is -2.69. The monoisotopic (exact) mass is 404 g/mol. The van der Waals surface area contributed by atoms with E-state index >= 15 is 0 Å². The number of amides is 1. The molecule has 148 valence electrons. The van der Waals surface area contributed by atoms with Crippen molar-refractivity contribution in [3.05, 3.63) is 47.8 Å². The molecule has 2 fully saturated rings. The number of aromatic carboxylic acids is 1. The fourth-order valence-electron chi connectivity index (χ4n) is 4.02. The number of carbonyl (C=O) groups excluding carboxylic acids is 1. The summed E-state index contributed by atoms with van der Waals surface area (Å²) in [6.07, 6.45) is 2.99. The lowest BCUT2D eigenvalue weighted by molar-refractivity contribution is 0.0232. The van der Waals surface area contributed by atoms with Crippen LogP contribution < -0.4 is 15.8 Å². The number of rotatable bonds is 5. The fourth-order valence-corrected chi connectivity index (χ4v) is 4.68. The zero-order valence-corrected chi connectivity index (χ0v) is 15.7. The van der Waals surface area contributed by atoms with Crippen LogP contribution in [0.25, 0.3) is 11.1 Å². The lowest BCUT2D eigenvalue weighted by atomic mass is 9.61. The van der Waals surface area contributed by atoms with Crippen LogP contribution >= 0.6 is 0 Å². The lowest BCUT2D eigenvalue weighted by Crippen LogP contribution is -2.65. The third-order valence-electron chi connectivity index (χ3n) is 5.46. The molecule has 1 saturated carbocycles. The van der Waals surface area contributed by atoms with Gasteiger partial charge in [0.2, 0.25) is 0 Å². The molecule has 5 N–H and O–H groups in total. The summed E-state index contributed by atoms with van der Waals surface area (Å²) in [5.41, 5.74) is 0.829. The number of benzene rings is 1. The van der Waals surface area contributed by atoms with Gasteiger partial charge in [0.15, 0.2) is 5.69 Å². The van der Waals surface area contributed by atoms with Gasteiger partial charge < -0.3 is 15.7 Å². The number of hydrogen-bond acceptors (Lipinski definition) is 5. The van der Waals surface area contributed by atoms with Gasteiger partial charge in [-0.3, -0.25) is 4.79 Å². The number of carboxylic acids is 1. The van der Waals surface area contributed by atoms with E-state index in [1.54, 1.807) is 24.3 Å². The molecule has 4 rings (SSSR count). The van der Waals surface area contributed by atoms with Gasteiger partial charge in [0.1, 0.15) is 0 Å². The molecule has 1 aromatic carbocycles. The minimum atomic E-state index is -4.26. The molecule has 2 heterocycles. The Kier molecular flexibility index (Phi) is 4.29. The Morgan fingerprint density at radius 1 is 1.25 bits per heavy atom. The Morgan fingerprint density at radius 2 is 1.96 bits per heavy atom. The van der Waals surface area contributed by atoms with Gasteiger partial charge in [0.05, 0.1) is 0 Å². The van der Waals surface area contributed by atoms with E-state index in [-0.39, 0.29) is 17.5 Å². The standard InChI is InChI=1S/C18H20N4O5S/c19-28(26,27)22-5-4-14(15(22)17(24)25)11-2-1-3-12(6-11)16(23)21-13-7-18(8-13)9-20-10-18/h1-6,13,20H,7-10H2,(H,21,23)(H,24,25)(H2,19,26,27). The first-order valence-corrected chi connectivity index (χ1v) is 10.3. The number of nitrogens with one attached hydrogen (secondary N) is 2. The Morgan fingerprint density at radius 3 is 2.54 bits per heavy atom. The topological polar surface area (TPSA) is 144 Å². The molecule has 10 heteroatoms. The summed E-state index contributed by atoms with van der Waals surface area (Å²) in [6, 6.07) is 7.91. The third-order valence-corrected chi connectivity index (χ3v) is 6.31. The van der Waals surface area contributed by atoms with Crippen molar-refractivity contribution in [2.24, 2.45) is 10.6 Å². The van der Waals surface area contributed by atoms with Crippen molar-refractivity contribution in [2.75, 3.05) is 13.1 Å². The Labute approximate surface area is 161 Å².